The van der Waals surface area contributed by atoms with E-state index in [1.807, 2.05) is 0 Å². The Morgan fingerprint density at radius 2 is 2.07 bits per heavy atom. The topological polar surface area (TPSA) is 64.9 Å². The second-order valence-corrected chi connectivity index (χ2v) is 3.37. The molecule has 0 aromatic carbocycles. The van der Waals surface area contributed by atoms with Crippen LogP contribution in [0.5, 0.6) is 0 Å². The molecule has 1 amide bonds. The first-order chi connectivity index (χ1) is 6.91. The van der Waals surface area contributed by atoms with Gasteiger partial charge >= 0.3 is 6.18 Å². The van der Waals surface area contributed by atoms with Crippen molar-refractivity contribution < 1.29 is 18.0 Å². The summed E-state index contributed by atoms with van der Waals surface area (Å²) in [5, 5.41) is 12.4. The van der Waals surface area contributed by atoms with E-state index in [-0.39, 0.29) is 19.4 Å². The zero-order valence-electron chi connectivity index (χ0n) is 7.82. The first-order valence-electron chi connectivity index (χ1n) is 4.37. The van der Waals surface area contributed by atoms with Gasteiger partial charge in [-0.1, -0.05) is 0 Å². The summed E-state index contributed by atoms with van der Waals surface area (Å²) in [6.07, 6.45) is -4.31. The van der Waals surface area contributed by atoms with Gasteiger partial charge in [0.1, 0.15) is 12.1 Å². The fraction of sp³-hybridized carbons (Fsp3) is 0.750. The molecule has 0 unspecified atom stereocenters. The Kier molecular flexibility index (Phi) is 3.19. The minimum atomic E-state index is -4.32. The maximum absolute atomic E-state index is 12.4. The molecule has 2 N–H and O–H groups in total. The lowest BCUT2D eigenvalue weighted by Crippen LogP contribution is -2.48. The van der Waals surface area contributed by atoms with E-state index < -0.39 is 24.2 Å². The van der Waals surface area contributed by atoms with Crippen LogP contribution in [0.15, 0.2) is 0 Å². The monoisotopic (exact) mass is 221 g/mol. The number of alkyl halides is 3. The van der Waals surface area contributed by atoms with Gasteiger partial charge in [-0.15, -0.1) is 0 Å². The second-order valence-electron chi connectivity index (χ2n) is 3.37. The molecule has 1 aliphatic rings. The summed E-state index contributed by atoms with van der Waals surface area (Å²) in [5.74, 6) is -0.605. The van der Waals surface area contributed by atoms with Crippen molar-refractivity contribution >= 4 is 5.91 Å². The van der Waals surface area contributed by atoms with Gasteiger partial charge in [0.05, 0.1) is 12.6 Å². The van der Waals surface area contributed by atoms with E-state index in [4.69, 9.17) is 5.26 Å². The molecule has 1 saturated carbocycles. The molecule has 0 spiro atoms. The van der Waals surface area contributed by atoms with Crippen LogP contribution in [-0.4, -0.2) is 30.7 Å². The van der Waals surface area contributed by atoms with Gasteiger partial charge in [0.2, 0.25) is 5.91 Å². The standard InChI is InChI=1S/C8H10F3N3O/c9-8(10,11)7(1-2-7)14-5-6(15)13-4-3-12/h14H,1-2,4-5H2,(H,13,15). The molecule has 15 heavy (non-hydrogen) atoms. The van der Waals surface area contributed by atoms with E-state index in [2.05, 4.69) is 10.6 Å². The van der Waals surface area contributed by atoms with Crippen LogP contribution in [0.2, 0.25) is 0 Å². The quantitative estimate of drug-likeness (QED) is 0.671. The second kappa shape index (κ2) is 4.06. The Bertz CT molecular complexity index is 290. The molecule has 7 heteroatoms. The van der Waals surface area contributed by atoms with Crippen molar-refractivity contribution in [1.29, 1.82) is 5.26 Å². The smallest absolute Gasteiger partial charge is 0.342 e. The molecule has 84 valence electrons. The van der Waals surface area contributed by atoms with Crippen molar-refractivity contribution in [3.8, 4) is 6.07 Å². The first-order valence-corrected chi connectivity index (χ1v) is 4.37. The van der Waals surface area contributed by atoms with Crippen molar-refractivity contribution in [2.45, 2.75) is 24.6 Å². The highest BCUT2D eigenvalue weighted by Gasteiger charge is 2.63. The fourth-order valence-electron chi connectivity index (χ4n) is 1.14. The number of hydrogen-bond donors (Lipinski definition) is 2. The van der Waals surface area contributed by atoms with Crippen molar-refractivity contribution in [2.75, 3.05) is 13.1 Å². The number of carbonyl (C=O) groups is 1. The van der Waals surface area contributed by atoms with Crippen molar-refractivity contribution in [3.63, 3.8) is 0 Å². The lowest BCUT2D eigenvalue weighted by Gasteiger charge is -2.20. The number of nitriles is 1. The highest BCUT2D eigenvalue weighted by Crippen LogP contribution is 2.48. The predicted molar refractivity (Wildman–Crippen MR) is 44.6 cm³/mol. The summed E-state index contributed by atoms with van der Waals surface area (Å²) < 4.78 is 37.1. The molecular formula is C8H10F3N3O. The van der Waals surface area contributed by atoms with Gasteiger partial charge in [-0.2, -0.15) is 18.4 Å². The van der Waals surface area contributed by atoms with Crippen molar-refractivity contribution in [2.24, 2.45) is 0 Å². The van der Waals surface area contributed by atoms with E-state index in [9.17, 15) is 18.0 Å². The number of nitrogens with one attached hydrogen (secondary N) is 2. The number of halogens is 3. The Morgan fingerprint density at radius 1 is 1.47 bits per heavy atom. The lowest BCUT2D eigenvalue weighted by atomic mass is 10.2. The summed E-state index contributed by atoms with van der Waals surface area (Å²) in [6, 6.07) is 1.66. The van der Waals surface area contributed by atoms with Crippen molar-refractivity contribution in [3.05, 3.63) is 0 Å². The Hall–Kier alpha value is -1.29. The van der Waals surface area contributed by atoms with Crippen LogP contribution in [0, 0.1) is 11.3 Å². The van der Waals surface area contributed by atoms with Gasteiger partial charge in [-0.05, 0) is 12.8 Å². The fourth-order valence-corrected chi connectivity index (χ4v) is 1.14. The molecule has 0 heterocycles. The summed E-state index contributed by atoms with van der Waals surface area (Å²) in [6.45, 7) is -0.610. The highest BCUT2D eigenvalue weighted by molar-refractivity contribution is 5.78. The van der Waals surface area contributed by atoms with E-state index in [0.717, 1.165) is 0 Å². The molecule has 0 aromatic heterocycles. The SMILES string of the molecule is N#CCNC(=O)CNC1(C(F)(F)F)CC1. The number of hydrogen-bond acceptors (Lipinski definition) is 3. The Labute approximate surface area is 84.4 Å². The largest absolute Gasteiger partial charge is 0.406 e. The molecule has 0 saturated heterocycles. The molecule has 1 rings (SSSR count). The van der Waals surface area contributed by atoms with Gasteiger partial charge in [-0.25, -0.2) is 0 Å². The Morgan fingerprint density at radius 3 is 2.47 bits per heavy atom. The van der Waals surface area contributed by atoms with Gasteiger partial charge < -0.3 is 5.32 Å². The molecule has 4 nitrogen and oxygen atoms in total. The predicted octanol–water partition coefficient (Wildman–Crippen LogP) is 0.311. The summed E-state index contributed by atoms with van der Waals surface area (Å²) in [4.78, 5) is 10.9. The molecule has 0 bridgehead atoms. The minimum Gasteiger partial charge on any atom is -0.342 e. The van der Waals surface area contributed by atoms with E-state index in [0.29, 0.717) is 0 Å². The number of carbonyl (C=O) groups excluding carboxylic acids is 1. The third-order valence-electron chi connectivity index (χ3n) is 2.24. The number of rotatable bonds is 4. The zero-order valence-corrected chi connectivity index (χ0v) is 7.82. The number of nitrogens with zero attached hydrogens (tertiary/aromatic N) is 1. The van der Waals surface area contributed by atoms with Crippen LogP contribution >= 0.6 is 0 Å². The van der Waals surface area contributed by atoms with Crippen LogP contribution in [0.25, 0.3) is 0 Å². The van der Waals surface area contributed by atoms with Gasteiger partial charge in [0.15, 0.2) is 0 Å². The average Bonchev–Trinajstić information content (AvgIpc) is 2.91. The molecule has 0 aliphatic heterocycles. The van der Waals surface area contributed by atoms with Crippen LogP contribution in [0.4, 0.5) is 13.2 Å². The van der Waals surface area contributed by atoms with Crippen LogP contribution in [-0.2, 0) is 4.79 Å². The first kappa shape index (κ1) is 11.8. The lowest BCUT2D eigenvalue weighted by molar-refractivity contribution is -0.166. The average molecular weight is 221 g/mol. The molecule has 0 atom stereocenters. The molecular weight excluding hydrogens is 211 g/mol. The highest BCUT2D eigenvalue weighted by atomic mass is 19.4. The Balaban J connectivity index is 2.32. The van der Waals surface area contributed by atoms with E-state index >= 15 is 0 Å². The molecule has 1 fully saturated rings. The van der Waals surface area contributed by atoms with Crippen LogP contribution in [0.3, 0.4) is 0 Å². The summed E-state index contributed by atoms with van der Waals surface area (Å²) in [5.41, 5.74) is -1.88. The maximum atomic E-state index is 12.4. The summed E-state index contributed by atoms with van der Waals surface area (Å²) in [7, 11) is 0. The van der Waals surface area contributed by atoms with Gasteiger partial charge in [0.25, 0.3) is 0 Å². The minimum absolute atomic E-state index is 0.00201. The zero-order chi connectivity index (χ0) is 11.5. The third kappa shape index (κ3) is 2.83. The van der Waals surface area contributed by atoms with Crippen LogP contribution in [0.1, 0.15) is 12.8 Å². The summed E-state index contributed by atoms with van der Waals surface area (Å²) >= 11 is 0. The van der Waals surface area contributed by atoms with E-state index in [1.165, 1.54) is 0 Å². The molecule has 1 aliphatic carbocycles. The number of amides is 1. The molecule has 0 aromatic rings. The van der Waals surface area contributed by atoms with Crippen molar-refractivity contribution in [1.82, 2.24) is 10.6 Å². The van der Waals surface area contributed by atoms with Crippen LogP contribution < -0.4 is 10.6 Å². The van der Waals surface area contributed by atoms with Gasteiger partial charge in [-0.3, -0.25) is 10.1 Å². The third-order valence-corrected chi connectivity index (χ3v) is 2.24. The maximum Gasteiger partial charge on any atom is 0.406 e. The molecule has 0 radical (unpaired) electrons. The van der Waals surface area contributed by atoms with Gasteiger partial charge in [0, 0.05) is 0 Å². The normalized spacial score (nSPS) is 18.0. The van der Waals surface area contributed by atoms with E-state index in [1.54, 1.807) is 6.07 Å².